The maximum absolute atomic E-state index is 13.6. The molecule has 0 heterocycles. The average molecular weight is 504 g/mol. The van der Waals surface area contributed by atoms with E-state index in [0.717, 1.165) is 40.1 Å². The molecule has 1 unspecified atom stereocenters. The molecule has 0 aliphatic carbocycles. The Morgan fingerprint density at radius 2 is 1.69 bits per heavy atom. The molecule has 0 radical (unpaired) electrons. The molecule has 1 atom stereocenters. The van der Waals surface area contributed by atoms with Crippen LogP contribution in [0, 0.1) is 13.8 Å². The lowest BCUT2D eigenvalue weighted by atomic mass is 10.1. The van der Waals surface area contributed by atoms with Crippen molar-refractivity contribution >= 4 is 27.5 Å². The van der Waals surface area contributed by atoms with Gasteiger partial charge in [0.05, 0.1) is 19.1 Å². The Balaban J connectivity index is 2.41. The third-order valence-corrected chi connectivity index (χ3v) is 6.88. The van der Waals surface area contributed by atoms with Crippen molar-refractivity contribution in [3.63, 3.8) is 0 Å². The molecule has 35 heavy (non-hydrogen) atoms. The summed E-state index contributed by atoms with van der Waals surface area (Å²) >= 11 is 0. The van der Waals surface area contributed by atoms with E-state index in [4.69, 9.17) is 4.74 Å². The summed E-state index contributed by atoms with van der Waals surface area (Å²) in [6.07, 6.45) is 2.81. The van der Waals surface area contributed by atoms with E-state index in [0.29, 0.717) is 12.3 Å². The largest absolute Gasteiger partial charge is 0.495 e. The van der Waals surface area contributed by atoms with Crippen LogP contribution < -0.4 is 14.4 Å². The van der Waals surface area contributed by atoms with Crippen LogP contribution in [-0.2, 0) is 26.2 Å². The van der Waals surface area contributed by atoms with Crippen molar-refractivity contribution in [1.29, 1.82) is 0 Å². The molecular formula is C26H37N3O5S. The number of methoxy groups -OCH3 is 1. The van der Waals surface area contributed by atoms with Gasteiger partial charge >= 0.3 is 0 Å². The number of sulfonamides is 1. The van der Waals surface area contributed by atoms with Gasteiger partial charge in [0.25, 0.3) is 0 Å². The highest BCUT2D eigenvalue weighted by atomic mass is 32.2. The first-order valence-electron chi connectivity index (χ1n) is 11.7. The fourth-order valence-corrected chi connectivity index (χ4v) is 4.44. The number of hydrogen-bond donors (Lipinski definition) is 1. The molecule has 2 amide bonds. The van der Waals surface area contributed by atoms with Gasteiger partial charge in [0.2, 0.25) is 21.8 Å². The number of amides is 2. The Kier molecular flexibility index (Phi) is 10.1. The third-order valence-electron chi connectivity index (χ3n) is 5.75. The number of anilines is 1. The molecule has 1 N–H and O–H groups in total. The first-order chi connectivity index (χ1) is 16.5. The number of benzene rings is 2. The first kappa shape index (κ1) is 28.2. The van der Waals surface area contributed by atoms with Crippen molar-refractivity contribution in [2.75, 3.05) is 30.8 Å². The molecule has 2 rings (SSSR count). The molecule has 0 spiro atoms. The van der Waals surface area contributed by atoms with Crippen molar-refractivity contribution in [2.45, 2.75) is 53.1 Å². The number of carbonyl (C=O) groups excluding carboxylic acids is 2. The maximum atomic E-state index is 13.6. The molecule has 0 saturated heterocycles. The number of ether oxygens (including phenoxy) is 1. The summed E-state index contributed by atoms with van der Waals surface area (Å²) in [7, 11) is -2.39. The second kappa shape index (κ2) is 12.6. The van der Waals surface area contributed by atoms with Crippen LogP contribution in [0.4, 0.5) is 5.69 Å². The summed E-state index contributed by atoms with van der Waals surface area (Å²) in [5.41, 5.74) is 3.02. The summed E-state index contributed by atoms with van der Waals surface area (Å²) in [5, 5.41) is 2.87. The van der Waals surface area contributed by atoms with Crippen LogP contribution in [0.25, 0.3) is 0 Å². The average Bonchev–Trinajstić information content (AvgIpc) is 2.80. The van der Waals surface area contributed by atoms with Gasteiger partial charge in [-0.3, -0.25) is 13.9 Å². The molecule has 2 aromatic rings. The molecule has 2 aromatic carbocycles. The lowest BCUT2D eigenvalue weighted by molar-refractivity contribution is -0.139. The molecule has 0 aliphatic heterocycles. The normalized spacial score (nSPS) is 12.1. The molecule has 0 bridgehead atoms. The van der Waals surface area contributed by atoms with Gasteiger partial charge in [0.15, 0.2) is 0 Å². The number of carbonyl (C=O) groups is 2. The van der Waals surface area contributed by atoms with Crippen molar-refractivity contribution in [3.8, 4) is 5.75 Å². The topological polar surface area (TPSA) is 96.0 Å². The van der Waals surface area contributed by atoms with E-state index in [1.54, 1.807) is 25.1 Å². The molecule has 0 fully saturated rings. The quantitative estimate of drug-likeness (QED) is 0.448. The van der Waals surface area contributed by atoms with Gasteiger partial charge < -0.3 is 15.0 Å². The second-order valence-electron chi connectivity index (χ2n) is 8.77. The van der Waals surface area contributed by atoms with E-state index in [1.165, 1.54) is 12.0 Å². The summed E-state index contributed by atoms with van der Waals surface area (Å²) < 4.78 is 31.9. The monoisotopic (exact) mass is 503 g/mol. The molecular weight excluding hydrogens is 466 g/mol. The minimum atomic E-state index is -3.83. The second-order valence-corrected chi connectivity index (χ2v) is 10.7. The fourth-order valence-electron chi connectivity index (χ4n) is 3.60. The summed E-state index contributed by atoms with van der Waals surface area (Å²) in [4.78, 5) is 27.9. The lowest BCUT2D eigenvalue weighted by Crippen LogP contribution is -2.51. The zero-order valence-corrected chi connectivity index (χ0v) is 22.3. The SMILES string of the molecule is CCCCNC(=O)C(C)N(Cc1ccc(C)cc1)C(=O)CN(c1cc(C)ccc1OC)S(C)(=O)=O. The van der Waals surface area contributed by atoms with E-state index in [1.807, 2.05) is 45.0 Å². The number of unbranched alkanes of at least 4 members (excludes halogenated alkanes) is 1. The number of rotatable bonds is 12. The summed E-state index contributed by atoms with van der Waals surface area (Å²) in [6, 6.07) is 12.0. The first-order valence-corrected chi connectivity index (χ1v) is 13.6. The molecule has 9 heteroatoms. The minimum absolute atomic E-state index is 0.171. The van der Waals surface area contributed by atoms with Crippen molar-refractivity contribution < 1.29 is 22.7 Å². The zero-order valence-electron chi connectivity index (χ0n) is 21.5. The van der Waals surface area contributed by atoms with Gasteiger partial charge in [-0.2, -0.15) is 0 Å². The van der Waals surface area contributed by atoms with Gasteiger partial charge in [-0.05, 0) is 50.5 Å². The van der Waals surface area contributed by atoms with E-state index >= 15 is 0 Å². The zero-order chi connectivity index (χ0) is 26.2. The van der Waals surface area contributed by atoms with Crippen LogP contribution >= 0.6 is 0 Å². The Morgan fingerprint density at radius 1 is 1.06 bits per heavy atom. The van der Waals surface area contributed by atoms with Gasteiger partial charge in [0.1, 0.15) is 18.3 Å². The van der Waals surface area contributed by atoms with Crippen LogP contribution in [0.3, 0.4) is 0 Å². The molecule has 0 aromatic heterocycles. The fraction of sp³-hybridized carbons (Fsp3) is 0.462. The van der Waals surface area contributed by atoms with Gasteiger partial charge in [-0.1, -0.05) is 49.2 Å². The van der Waals surface area contributed by atoms with Gasteiger partial charge in [-0.15, -0.1) is 0 Å². The van der Waals surface area contributed by atoms with E-state index in [2.05, 4.69) is 5.32 Å². The van der Waals surface area contributed by atoms with E-state index in [-0.39, 0.29) is 18.1 Å². The predicted octanol–water partition coefficient (Wildman–Crippen LogP) is 3.41. The Hall–Kier alpha value is -3.07. The molecule has 8 nitrogen and oxygen atoms in total. The van der Waals surface area contributed by atoms with Crippen LogP contribution in [-0.4, -0.2) is 57.6 Å². The highest BCUT2D eigenvalue weighted by Gasteiger charge is 2.31. The highest BCUT2D eigenvalue weighted by Crippen LogP contribution is 2.31. The smallest absolute Gasteiger partial charge is 0.244 e. The number of nitrogens with one attached hydrogen (secondary N) is 1. The minimum Gasteiger partial charge on any atom is -0.495 e. The lowest BCUT2D eigenvalue weighted by Gasteiger charge is -2.32. The third kappa shape index (κ3) is 7.99. The van der Waals surface area contributed by atoms with Crippen molar-refractivity contribution in [3.05, 3.63) is 59.2 Å². The number of nitrogens with zero attached hydrogens (tertiary/aromatic N) is 2. The van der Waals surface area contributed by atoms with Crippen LogP contribution in [0.15, 0.2) is 42.5 Å². The molecule has 192 valence electrons. The molecule has 0 saturated carbocycles. The van der Waals surface area contributed by atoms with Crippen molar-refractivity contribution in [1.82, 2.24) is 10.2 Å². The van der Waals surface area contributed by atoms with Gasteiger partial charge in [0, 0.05) is 13.1 Å². The number of hydrogen-bond acceptors (Lipinski definition) is 5. The number of aryl methyl sites for hydroxylation is 2. The standard InChI is InChI=1S/C26H37N3O5S/c1-7-8-15-27-26(31)21(4)28(17-22-12-9-19(2)10-13-22)25(30)18-29(35(6,32)33)23-16-20(3)11-14-24(23)34-5/h9-14,16,21H,7-8,15,17-18H2,1-6H3,(H,27,31). The summed E-state index contributed by atoms with van der Waals surface area (Å²) in [6.45, 7) is 7.71. The Labute approximate surface area is 209 Å². The van der Waals surface area contributed by atoms with Gasteiger partial charge in [-0.25, -0.2) is 8.42 Å². The highest BCUT2D eigenvalue weighted by molar-refractivity contribution is 7.92. The van der Waals surface area contributed by atoms with Crippen LogP contribution in [0.2, 0.25) is 0 Å². The maximum Gasteiger partial charge on any atom is 0.244 e. The Morgan fingerprint density at radius 3 is 2.26 bits per heavy atom. The predicted molar refractivity (Wildman–Crippen MR) is 139 cm³/mol. The van der Waals surface area contributed by atoms with E-state index < -0.39 is 28.5 Å². The summed E-state index contributed by atoms with van der Waals surface area (Å²) in [5.74, 6) is -0.431. The Bertz CT molecular complexity index is 1120. The van der Waals surface area contributed by atoms with E-state index in [9.17, 15) is 18.0 Å². The van der Waals surface area contributed by atoms with Crippen molar-refractivity contribution in [2.24, 2.45) is 0 Å². The molecule has 0 aliphatic rings. The van der Waals surface area contributed by atoms with Crippen LogP contribution in [0.1, 0.15) is 43.4 Å². The van der Waals surface area contributed by atoms with Crippen LogP contribution in [0.5, 0.6) is 5.75 Å².